The molecule has 0 aliphatic rings. The number of benzene rings is 2. The maximum atomic E-state index is 10.8. The maximum Gasteiger partial charge on any atom is 0.255 e. The van der Waals surface area contributed by atoms with Crippen molar-refractivity contribution < 1.29 is 14.3 Å². The lowest BCUT2D eigenvalue weighted by Gasteiger charge is -2.13. The molecule has 0 spiro atoms. The van der Waals surface area contributed by atoms with Gasteiger partial charge in [0.05, 0.1) is 13.7 Å². The van der Waals surface area contributed by atoms with E-state index in [-0.39, 0.29) is 6.61 Å². The van der Waals surface area contributed by atoms with E-state index in [4.69, 9.17) is 15.2 Å². The fraction of sp³-hybridized carbons (Fsp3) is 0.364. The molecular weight excluding hydrogens is 368 g/mol. The third-order valence-corrected chi connectivity index (χ3v) is 4.20. The minimum Gasteiger partial charge on any atom is -0.496 e. The van der Waals surface area contributed by atoms with E-state index in [0.717, 1.165) is 47.9 Å². The summed E-state index contributed by atoms with van der Waals surface area (Å²) >= 11 is 0. The number of nitrogens with two attached hydrogens (primary N) is 1. The second-order valence-corrected chi connectivity index (χ2v) is 6.59. The smallest absolute Gasteiger partial charge is 0.255 e. The van der Waals surface area contributed by atoms with Crippen molar-refractivity contribution in [2.75, 3.05) is 26.8 Å². The highest BCUT2D eigenvalue weighted by molar-refractivity contribution is 5.79. The highest BCUT2D eigenvalue weighted by atomic mass is 16.5. The summed E-state index contributed by atoms with van der Waals surface area (Å²) in [6.07, 6.45) is 0.828. The van der Waals surface area contributed by atoms with Gasteiger partial charge in [0.2, 0.25) is 0 Å². The van der Waals surface area contributed by atoms with Gasteiger partial charge >= 0.3 is 0 Å². The highest BCUT2D eigenvalue weighted by Crippen LogP contribution is 2.20. The first kappa shape index (κ1) is 22.1. The molecule has 0 unspecified atom stereocenters. The first-order valence-electron chi connectivity index (χ1n) is 9.67. The molecule has 0 fully saturated rings. The molecule has 2 rings (SSSR count). The SMILES string of the molecule is CCNC(=NCc1ccc(C)cc1OC)NCCc1ccc(OCC(N)=O)cc1. The summed E-state index contributed by atoms with van der Waals surface area (Å²) in [5.74, 6) is 1.75. The average Bonchev–Trinajstić information content (AvgIpc) is 2.72. The van der Waals surface area contributed by atoms with Gasteiger partial charge in [-0.05, 0) is 49.6 Å². The molecule has 4 N–H and O–H groups in total. The molecular formula is C22H30N4O3. The molecule has 7 heteroatoms. The number of aliphatic imine (C=N–C) groups is 1. The van der Waals surface area contributed by atoms with E-state index < -0.39 is 5.91 Å². The summed E-state index contributed by atoms with van der Waals surface area (Å²) in [7, 11) is 1.68. The van der Waals surface area contributed by atoms with Gasteiger partial charge in [0.25, 0.3) is 5.91 Å². The number of nitrogens with one attached hydrogen (secondary N) is 2. The van der Waals surface area contributed by atoms with Crippen molar-refractivity contribution in [1.29, 1.82) is 0 Å². The van der Waals surface area contributed by atoms with Gasteiger partial charge in [0.1, 0.15) is 11.5 Å². The molecule has 0 aliphatic heterocycles. The van der Waals surface area contributed by atoms with Crippen molar-refractivity contribution in [3.63, 3.8) is 0 Å². The van der Waals surface area contributed by atoms with Crippen LogP contribution >= 0.6 is 0 Å². The number of amides is 1. The van der Waals surface area contributed by atoms with Crippen molar-refractivity contribution in [1.82, 2.24) is 10.6 Å². The zero-order valence-electron chi connectivity index (χ0n) is 17.3. The third kappa shape index (κ3) is 7.73. The molecule has 2 aromatic carbocycles. The van der Waals surface area contributed by atoms with Crippen molar-refractivity contribution in [3.8, 4) is 11.5 Å². The largest absolute Gasteiger partial charge is 0.496 e. The lowest BCUT2D eigenvalue weighted by atomic mass is 10.1. The molecule has 2 aromatic rings. The Morgan fingerprint density at radius 1 is 1.14 bits per heavy atom. The Balaban J connectivity index is 1.89. The van der Waals surface area contributed by atoms with Crippen LogP contribution in [0.2, 0.25) is 0 Å². The topological polar surface area (TPSA) is 98.0 Å². The minimum absolute atomic E-state index is 0.116. The summed E-state index contributed by atoms with van der Waals surface area (Å²) in [6, 6.07) is 13.7. The number of methoxy groups -OCH3 is 1. The summed E-state index contributed by atoms with van der Waals surface area (Å²) in [5.41, 5.74) is 8.43. The first-order chi connectivity index (χ1) is 14.0. The van der Waals surface area contributed by atoms with Crippen molar-refractivity contribution in [3.05, 3.63) is 59.2 Å². The van der Waals surface area contributed by atoms with E-state index in [9.17, 15) is 4.79 Å². The number of carbonyl (C=O) groups is 1. The Hall–Kier alpha value is -3.22. The number of rotatable bonds is 10. The summed E-state index contributed by atoms with van der Waals surface area (Å²) in [6.45, 7) is 6.01. The Morgan fingerprint density at radius 3 is 2.55 bits per heavy atom. The predicted octanol–water partition coefficient (Wildman–Crippen LogP) is 2.17. The first-order valence-corrected chi connectivity index (χ1v) is 9.67. The van der Waals surface area contributed by atoms with Gasteiger partial charge in [-0.1, -0.05) is 24.3 Å². The fourth-order valence-electron chi connectivity index (χ4n) is 2.72. The Kier molecular flexibility index (Phi) is 8.82. The molecule has 0 aromatic heterocycles. The van der Waals surface area contributed by atoms with Gasteiger partial charge in [-0.25, -0.2) is 4.99 Å². The molecule has 156 valence electrons. The van der Waals surface area contributed by atoms with Gasteiger partial charge in [-0.15, -0.1) is 0 Å². The monoisotopic (exact) mass is 398 g/mol. The van der Waals surface area contributed by atoms with Crippen LogP contribution in [0.5, 0.6) is 11.5 Å². The Bertz CT molecular complexity index is 819. The number of hydrogen-bond acceptors (Lipinski definition) is 4. The zero-order chi connectivity index (χ0) is 21.1. The van der Waals surface area contributed by atoms with Crippen molar-refractivity contribution in [2.45, 2.75) is 26.8 Å². The quantitative estimate of drug-likeness (QED) is 0.421. The highest BCUT2D eigenvalue weighted by Gasteiger charge is 2.04. The standard InChI is InChI=1S/C22H30N4O3/c1-4-24-22(26-14-18-8-5-16(2)13-20(18)28-3)25-12-11-17-6-9-19(10-7-17)29-15-21(23)27/h5-10,13H,4,11-12,14-15H2,1-3H3,(H2,23,27)(H2,24,25,26). The normalized spacial score (nSPS) is 11.1. The summed E-state index contributed by atoms with van der Waals surface area (Å²) < 4.78 is 10.7. The van der Waals surface area contributed by atoms with Gasteiger partial charge < -0.3 is 25.8 Å². The molecule has 0 saturated carbocycles. The van der Waals surface area contributed by atoms with E-state index >= 15 is 0 Å². The molecule has 0 atom stereocenters. The fourth-order valence-corrected chi connectivity index (χ4v) is 2.72. The van der Waals surface area contributed by atoms with Crippen molar-refractivity contribution in [2.24, 2.45) is 10.7 Å². The van der Waals surface area contributed by atoms with E-state index in [1.165, 1.54) is 0 Å². The molecule has 0 aliphatic carbocycles. The van der Waals surface area contributed by atoms with Crippen LogP contribution in [0.3, 0.4) is 0 Å². The van der Waals surface area contributed by atoms with Crippen LogP contribution in [-0.4, -0.2) is 38.7 Å². The lowest BCUT2D eigenvalue weighted by molar-refractivity contribution is -0.119. The molecule has 1 amide bonds. The number of carbonyl (C=O) groups excluding carboxylic acids is 1. The van der Waals surface area contributed by atoms with E-state index in [0.29, 0.717) is 12.3 Å². The average molecular weight is 399 g/mol. The Morgan fingerprint density at radius 2 is 1.90 bits per heavy atom. The number of nitrogens with zero attached hydrogens (tertiary/aromatic N) is 1. The van der Waals surface area contributed by atoms with Crippen LogP contribution in [0.15, 0.2) is 47.5 Å². The predicted molar refractivity (Wildman–Crippen MR) is 115 cm³/mol. The molecule has 29 heavy (non-hydrogen) atoms. The van der Waals surface area contributed by atoms with E-state index in [1.807, 2.05) is 50.2 Å². The molecule has 0 bridgehead atoms. The van der Waals surface area contributed by atoms with E-state index in [2.05, 4.69) is 21.7 Å². The molecule has 0 radical (unpaired) electrons. The van der Waals surface area contributed by atoms with Crippen LogP contribution in [0.25, 0.3) is 0 Å². The molecule has 0 heterocycles. The van der Waals surface area contributed by atoms with E-state index in [1.54, 1.807) is 7.11 Å². The summed E-state index contributed by atoms with van der Waals surface area (Å²) in [5, 5.41) is 6.61. The number of primary amides is 1. The number of hydrogen-bond donors (Lipinski definition) is 3. The maximum absolute atomic E-state index is 10.8. The van der Waals surface area contributed by atoms with Gasteiger partial charge in [0, 0.05) is 18.7 Å². The van der Waals surface area contributed by atoms with Crippen LogP contribution in [-0.2, 0) is 17.8 Å². The number of ether oxygens (including phenoxy) is 2. The van der Waals surface area contributed by atoms with Crippen LogP contribution in [0, 0.1) is 6.92 Å². The van der Waals surface area contributed by atoms with Gasteiger partial charge in [0.15, 0.2) is 12.6 Å². The van der Waals surface area contributed by atoms with Crippen LogP contribution < -0.4 is 25.8 Å². The summed E-state index contributed by atoms with van der Waals surface area (Å²) in [4.78, 5) is 15.4. The van der Waals surface area contributed by atoms with Crippen LogP contribution in [0.4, 0.5) is 0 Å². The zero-order valence-corrected chi connectivity index (χ0v) is 17.3. The lowest BCUT2D eigenvalue weighted by Crippen LogP contribution is -2.38. The third-order valence-electron chi connectivity index (χ3n) is 4.20. The van der Waals surface area contributed by atoms with Crippen molar-refractivity contribution >= 4 is 11.9 Å². The Labute approximate surface area is 172 Å². The second kappa shape index (κ2) is 11.6. The number of aryl methyl sites for hydroxylation is 1. The van der Waals surface area contributed by atoms with Gasteiger partial charge in [-0.2, -0.15) is 0 Å². The molecule has 0 saturated heterocycles. The minimum atomic E-state index is -0.489. The number of guanidine groups is 1. The van der Waals surface area contributed by atoms with Crippen LogP contribution in [0.1, 0.15) is 23.6 Å². The second-order valence-electron chi connectivity index (χ2n) is 6.59. The molecule has 7 nitrogen and oxygen atoms in total. The van der Waals surface area contributed by atoms with Gasteiger partial charge in [-0.3, -0.25) is 4.79 Å².